The largest absolute Gasteiger partial charge is 0.387 e. The second-order valence-electron chi connectivity index (χ2n) is 7.94. The van der Waals surface area contributed by atoms with E-state index in [1.54, 1.807) is 0 Å². The summed E-state index contributed by atoms with van der Waals surface area (Å²) >= 11 is 1.48. The predicted octanol–water partition coefficient (Wildman–Crippen LogP) is 4.93. The van der Waals surface area contributed by atoms with Crippen molar-refractivity contribution in [3.05, 3.63) is 107 Å². The standard InChI is InChI=1S/C27H28N4O2S/c32-25(21-7-3-1-4-8-21)18-28-16-15-20-11-13-23(14-12-20)29-26(33)17-24-19-34-27(31-24)30-22-9-5-2-6-10-22/h1-14,19,25,28,32H,15-18H2,(H,29,33)(H,30,31)/t25-/m0/s1. The second kappa shape index (κ2) is 12.1. The molecule has 7 heteroatoms. The van der Waals surface area contributed by atoms with Crippen molar-refractivity contribution >= 4 is 33.8 Å². The Balaban J connectivity index is 1.18. The monoisotopic (exact) mass is 472 g/mol. The summed E-state index contributed by atoms with van der Waals surface area (Å²) in [6, 6.07) is 27.3. The molecule has 0 spiro atoms. The Morgan fingerprint density at radius 2 is 1.62 bits per heavy atom. The first-order chi connectivity index (χ1) is 16.7. The van der Waals surface area contributed by atoms with Gasteiger partial charge in [-0.05, 0) is 48.4 Å². The molecule has 0 radical (unpaired) electrons. The minimum absolute atomic E-state index is 0.0964. The van der Waals surface area contributed by atoms with Crippen molar-refractivity contribution in [1.29, 1.82) is 0 Å². The molecule has 34 heavy (non-hydrogen) atoms. The summed E-state index contributed by atoms with van der Waals surface area (Å²) in [5.41, 5.74) is 4.54. The number of nitrogens with zero attached hydrogens (tertiary/aromatic N) is 1. The number of thiazole rings is 1. The zero-order valence-corrected chi connectivity index (χ0v) is 19.6. The van der Waals surface area contributed by atoms with E-state index in [0.29, 0.717) is 6.54 Å². The van der Waals surface area contributed by atoms with Gasteiger partial charge in [0.1, 0.15) is 0 Å². The fourth-order valence-corrected chi connectivity index (χ4v) is 4.21. The highest BCUT2D eigenvalue weighted by molar-refractivity contribution is 7.13. The SMILES string of the molecule is O=C(Cc1csc(Nc2ccccc2)n1)Nc1ccc(CCNC[C@H](O)c2ccccc2)cc1. The Labute approximate surface area is 203 Å². The van der Waals surface area contributed by atoms with Gasteiger partial charge in [0.15, 0.2) is 5.13 Å². The molecule has 0 saturated heterocycles. The number of hydrogen-bond acceptors (Lipinski definition) is 6. The lowest BCUT2D eigenvalue weighted by Gasteiger charge is -2.12. The average Bonchev–Trinajstić information content (AvgIpc) is 3.30. The Morgan fingerprint density at radius 3 is 2.35 bits per heavy atom. The van der Waals surface area contributed by atoms with E-state index in [2.05, 4.69) is 20.9 Å². The first kappa shape index (κ1) is 23.6. The molecular formula is C27H28N4O2S. The van der Waals surface area contributed by atoms with Gasteiger partial charge >= 0.3 is 0 Å². The topological polar surface area (TPSA) is 86.3 Å². The van der Waals surface area contributed by atoms with Crippen molar-refractivity contribution in [1.82, 2.24) is 10.3 Å². The maximum Gasteiger partial charge on any atom is 0.230 e. The summed E-state index contributed by atoms with van der Waals surface area (Å²) in [7, 11) is 0. The van der Waals surface area contributed by atoms with Gasteiger partial charge in [0.25, 0.3) is 0 Å². The molecule has 1 aromatic heterocycles. The maximum atomic E-state index is 12.4. The van der Waals surface area contributed by atoms with Crippen molar-refractivity contribution in [3.8, 4) is 0 Å². The quantitative estimate of drug-likeness (QED) is 0.233. The summed E-state index contributed by atoms with van der Waals surface area (Å²) in [6.45, 7) is 1.27. The van der Waals surface area contributed by atoms with Crippen molar-refractivity contribution in [2.75, 3.05) is 23.7 Å². The number of amides is 1. The number of aliphatic hydroxyl groups is 1. The number of carbonyl (C=O) groups is 1. The minimum atomic E-state index is -0.512. The normalized spacial score (nSPS) is 11.7. The lowest BCUT2D eigenvalue weighted by molar-refractivity contribution is -0.115. The first-order valence-electron chi connectivity index (χ1n) is 11.2. The number of nitrogens with one attached hydrogen (secondary N) is 3. The number of hydrogen-bond donors (Lipinski definition) is 4. The van der Waals surface area contributed by atoms with E-state index >= 15 is 0 Å². The van der Waals surface area contributed by atoms with E-state index < -0.39 is 6.10 Å². The van der Waals surface area contributed by atoms with Crippen LogP contribution in [0.25, 0.3) is 0 Å². The van der Waals surface area contributed by atoms with E-state index in [-0.39, 0.29) is 12.3 Å². The third kappa shape index (κ3) is 7.25. The molecule has 0 aliphatic rings. The average molecular weight is 473 g/mol. The van der Waals surface area contributed by atoms with Gasteiger partial charge in [0.2, 0.25) is 5.91 Å². The van der Waals surface area contributed by atoms with Crippen LogP contribution in [-0.4, -0.2) is 29.1 Å². The summed E-state index contributed by atoms with van der Waals surface area (Å²) in [6.07, 6.45) is 0.551. The van der Waals surface area contributed by atoms with E-state index in [1.165, 1.54) is 11.3 Å². The highest BCUT2D eigenvalue weighted by Gasteiger charge is 2.09. The number of rotatable bonds is 11. The van der Waals surface area contributed by atoms with E-state index in [4.69, 9.17) is 0 Å². The molecule has 4 aromatic rings. The van der Waals surface area contributed by atoms with Gasteiger partial charge in [-0.15, -0.1) is 11.3 Å². The van der Waals surface area contributed by atoms with Crippen molar-refractivity contribution in [3.63, 3.8) is 0 Å². The lowest BCUT2D eigenvalue weighted by Crippen LogP contribution is -2.23. The zero-order valence-electron chi connectivity index (χ0n) is 18.8. The molecule has 4 rings (SSSR count). The highest BCUT2D eigenvalue weighted by Crippen LogP contribution is 2.21. The molecule has 0 unspecified atom stereocenters. The Hall–Kier alpha value is -3.52. The van der Waals surface area contributed by atoms with Crippen molar-refractivity contribution in [2.45, 2.75) is 18.9 Å². The summed E-state index contributed by atoms with van der Waals surface area (Å²) < 4.78 is 0. The number of anilines is 3. The third-order valence-electron chi connectivity index (χ3n) is 5.27. The van der Waals surface area contributed by atoms with Crippen molar-refractivity contribution < 1.29 is 9.90 Å². The van der Waals surface area contributed by atoms with Gasteiger partial charge in [0, 0.05) is 23.3 Å². The molecule has 174 valence electrons. The number of para-hydroxylation sites is 1. The van der Waals surface area contributed by atoms with Crippen LogP contribution in [0.4, 0.5) is 16.5 Å². The smallest absolute Gasteiger partial charge is 0.230 e. The molecule has 4 N–H and O–H groups in total. The summed E-state index contributed by atoms with van der Waals surface area (Å²) in [5, 5.41) is 22.3. The molecule has 0 saturated carbocycles. The van der Waals surface area contributed by atoms with Gasteiger partial charge in [-0.25, -0.2) is 4.98 Å². The number of carbonyl (C=O) groups excluding carboxylic acids is 1. The molecule has 0 aliphatic heterocycles. The van der Waals surface area contributed by atoms with Crippen LogP contribution >= 0.6 is 11.3 Å². The zero-order chi connectivity index (χ0) is 23.6. The van der Waals surface area contributed by atoms with E-state index in [1.807, 2.05) is 90.3 Å². The molecule has 0 fully saturated rings. The van der Waals surface area contributed by atoms with Gasteiger partial charge in [-0.2, -0.15) is 0 Å². The number of aromatic nitrogens is 1. The van der Waals surface area contributed by atoms with Crippen LogP contribution in [0.3, 0.4) is 0 Å². The van der Waals surface area contributed by atoms with Gasteiger partial charge < -0.3 is 21.1 Å². The van der Waals surface area contributed by atoms with Crippen LogP contribution < -0.4 is 16.0 Å². The van der Waals surface area contributed by atoms with E-state index in [9.17, 15) is 9.90 Å². The Kier molecular flexibility index (Phi) is 8.40. The van der Waals surface area contributed by atoms with Crippen molar-refractivity contribution in [2.24, 2.45) is 0 Å². The van der Waals surface area contributed by atoms with Gasteiger partial charge in [-0.1, -0.05) is 60.7 Å². The molecule has 1 heterocycles. The van der Waals surface area contributed by atoms with Gasteiger partial charge in [0.05, 0.1) is 18.2 Å². The molecule has 6 nitrogen and oxygen atoms in total. The minimum Gasteiger partial charge on any atom is -0.387 e. The van der Waals surface area contributed by atoms with E-state index in [0.717, 1.165) is 46.3 Å². The molecule has 3 aromatic carbocycles. The Morgan fingerprint density at radius 1 is 0.912 bits per heavy atom. The Bertz CT molecular complexity index is 1160. The first-order valence-corrected chi connectivity index (χ1v) is 12.1. The molecule has 1 atom stereocenters. The van der Waals surface area contributed by atoms with Crippen LogP contribution in [0.5, 0.6) is 0 Å². The van der Waals surface area contributed by atoms with Crippen LogP contribution in [0, 0.1) is 0 Å². The fraction of sp³-hybridized carbons (Fsp3) is 0.185. The lowest BCUT2D eigenvalue weighted by atomic mass is 10.1. The molecular weight excluding hydrogens is 444 g/mol. The predicted molar refractivity (Wildman–Crippen MR) is 139 cm³/mol. The fourth-order valence-electron chi connectivity index (χ4n) is 3.48. The summed E-state index contributed by atoms with van der Waals surface area (Å²) in [4.78, 5) is 16.9. The molecule has 0 aliphatic carbocycles. The third-order valence-corrected chi connectivity index (χ3v) is 6.08. The molecule has 1 amide bonds. The van der Waals surface area contributed by atoms with Crippen LogP contribution in [-0.2, 0) is 17.6 Å². The van der Waals surface area contributed by atoms with Crippen LogP contribution in [0.2, 0.25) is 0 Å². The second-order valence-corrected chi connectivity index (χ2v) is 8.80. The van der Waals surface area contributed by atoms with Crippen LogP contribution in [0.15, 0.2) is 90.3 Å². The van der Waals surface area contributed by atoms with Gasteiger partial charge in [-0.3, -0.25) is 4.79 Å². The summed E-state index contributed by atoms with van der Waals surface area (Å²) in [5.74, 6) is -0.0964. The van der Waals surface area contributed by atoms with Crippen LogP contribution in [0.1, 0.15) is 22.9 Å². The maximum absolute atomic E-state index is 12.4. The number of benzene rings is 3. The molecule has 0 bridgehead atoms. The number of aliphatic hydroxyl groups excluding tert-OH is 1. The highest BCUT2D eigenvalue weighted by atomic mass is 32.1.